The van der Waals surface area contributed by atoms with E-state index in [4.69, 9.17) is 4.74 Å². The van der Waals surface area contributed by atoms with E-state index in [-0.39, 0.29) is 12.0 Å². The summed E-state index contributed by atoms with van der Waals surface area (Å²) in [5.74, 6) is 0.499. The molecule has 2 rings (SSSR count). The summed E-state index contributed by atoms with van der Waals surface area (Å²) in [5.41, 5.74) is 0. The van der Waals surface area contributed by atoms with Crippen LogP contribution in [0.5, 0.6) is 0 Å². The van der Waals surface area contributed by atoms with E-state index < -0.39 is 0 Å². The molecule has 0 aromatic rings. The van der Waals surface area contributed by atoms with E-state index in [2.05, 4.69) is 5.32 Å². The molecule has 0 aromatic carbocycles. The minimum atomic E-state index is -0.0512. The number of esters is 1. The highest BCUT2D eigenvalue weighted by Gasteiger charge is 2.43. The Bertz CT molecular complexity index is 193. The molecule has 1 saturated carbocycles. The van der Waals surface area contributed by atoms with Crippen molar-refractivity contribution in [3.8, 4) is 0 Å². The van der Waals surface area contributed by atoms with Gasteiger partial charge in [0.1, 0.15) is 6.04 Å². The Morgan fingerprint density at radius 2 is 2.42 bits per heavy atom. The summed E-state index contributed by atoms with van der Waals surface area (Å²) in [7, 11) is 0. The molecule has 2 fully saturated rings. The lowest BCUT2D eigenvalue weighted by Gasteiger charge is -2.20. The van der Waals surface area contributed by atoms with E-state index in [1.54, 1.807) is 0 Å². The van der Waals surface area contributed by atoms with Gasteiger partial charge in [0.15, 0.2) is 0 Å². The minimum absolute atomic E-state index is 0.00343. The van der Waals surface area contributed by atoms with Gasteiger partial charge in [0.2, 0.25) is 0 Å². The van der Waals surface area contributed by atoms with E-state index in [1.165, 1.54) is 19.3 Å². The van der Waals surface area contributed by atoms with Crippen LogP contribution in [0, 0.1) is 5.92 Å². The molecular weight excluding hydrogens is 154 g/mol. The van der Waals surface area contributed by atoms with Gasteiger partial charge >= 0.3 is 5.97 Å². The molecule has 12 heavy (non-hydrogen) atoms. The zero-order valence-electron chi connectivity index (χ0n) is 7.38. The van der Waals surface area contributed by atoms with Gasteiger partial charge in [0.05, 0.1) is 6.61 Å². The van der Waals surface area contributed by atoms with Crippen molar-refractivity contribution in [2.24, 2.45) is 5.92 Å². The lowest BCUT2D eigenvalue weighted by Crippen LogP contribution is -2.42. The maximum absolute atomic E-state index is 11.4. The van der Waals surface area contributed by atoms with Crippen molar-refractivity contribution >= 4 is 5.97 Å². The number of hydrogen-bond acceptors (Lipinski definition) is 3. The molecule has 3 nitrogen and oxygen atoms in total. The molecular formula is C9H15NO2. The third-order valence-corrected chi connectivity index (χ3v) is 2.90. The van der Waals surface area contributed by atoms with Crippen LogP contribution in [-0.4, -0.2) is 24.7 Å². The average molecular weight is 169 g/mol. The Morgan fingerprint density at radius 1 is 1.58 bits per heavy atom. The number of rotatable bonds is 2. The Balaban J connectivity index is 1.93. The highest BCUT2D eigenvalue weighted by Crippen LogP contribution is 2.35. The Labute approximate surface area is 72.5 Å². The predicted octanol–water partition coefficient (Wildman–Crippen LogP) is 0.690. The molecule has 1 aliphatic carbocycles. The number of nitrogens with one attached hydrogen (secondary N) is 1. The van der Waals surface area contributed by atoms with Crippen molar-refractivity contribution in [3.63, 3.8) is 0 Å². The second kappa shape index (κ2) is 3.05. The van der Waals surface area contributed by atoms with Crippen molar-refractivity contribution in [1.82, 2.24) is 5.32 Å². The molecule has 1 N–H and O–H groups in total. The number of carbonyl (C=O) groups excluding carboxylic acids is 1. The molecule has 0 unspecified atom stereocenters. The van der Waals surface area contributed by atoms with Gasteiger partial charge in [0, 0.05) is 6.04 Å². The third kappa shape index (κ3) is 1.22. The first-order valence-corrected chi connectivity index (χ1v) is 4.74. The first kappa shape index (κ1) is 8.05. The van der Waals surface area contributed by atoms with Gasteiger partial charge in [-0.2, -0.15) is 0 Å². The maximum Gasteiger partial charge on any atom is 0.323 e. The zero-order valence-corrected chi connectivity index (χ0v) is 7.38. The maximum atomic E-state index is 11.4. The highest BCUT2D eigenvalue weighted by molar-refractivity contribution is 5.76. The first-order chi connectivity index (χ1) is 5.81. The number of ether oxygens (including phenoxy) is 1. The van der Waals surface area contributed by atoms with Gasteiger partial charge in [-0.15, -0.1) is 0 Å². The quantitative estimate of drug-likeness (QED) is 0.618. The van der Waals surface area contributed by atoms with Crippen LogP contribution in [0.2, 0.25) is 0 Å². The lowest BCUT2D eigenvalue weighted by molar-refractivity contribution is -0.146. The molecule has 68 valence electrons. The third-order valence-electron chi connectivity index (χ3n) is 2.90. The van der Waals surface area contributed by atoms with E-state index >= 15 is 0 Å². The topological polar surface area (TPSA) is 38.3 Å². The largest absolute Gasteiger partial charge is 0.465 e. The van der Waals surface area contributed by atoms with Crippen LogP contribution in [-0.2, 0) is 9.53 Å². The number of piperidine rings is 1. The Hall–Kier alpha value is -0.570. The summed E-state index contributed by atoms with van der Waals surface area (Å²) in [6, 6.07) is 0.591. The summed E-state index contributed by atoms with van der Waals surface area (Å²) >= 11 is 0. The molecule has 0 amide bonds. The smallest absolute Gasteiger partial charge is 0.323 e. The molecule has 1 saturated heterocycles. The SMILES string of the molecule is CCOC(=O)[C@@H]1N[C@H]2CC[C@@H]1C2. The monoisotopic (exact) mass is 169 g/mol. The summed E-state index contributed by atoms with van der Waals surface area (Å²) in [5, 5.41) is 3.30. The fourth-order valence-corrected chi connectivity index (χ4v) is 2.35. The van der Waals surface area contributed by atoms with Crippen molar-refractivity contribution in [1.29, 1.82) is 0 Å². The van der Waals surface area contributed by atoms with Crippen molar-refractivity contribution < 1.29 is 9.53 Å². The number of carbonyl (C=O) groups is 1. The predicted molar refractivity (Wildman–Crippen MR) is 44.7 cm³/mol. The zero-order chi connectivity index (χ0) is 8.55. The summed E-state index contributed by atoms with van der Waals surface area (Å²) < 4.78 is 4.98. The van der Waals surface area contributed by atoms with E-state index in [0.717, 1.165) is 0 Å². The fraction of sp³-hybridized carbons (Fsp3) is 0.889. The van der Waals surface area contributed by atoms with Crippen molar-refractivity contribution in [2.75, 3.05) is 6.61 Å². The van der Waals surface area contributed by atoms with Crippen LogP contribution >= 0.6 is 0 Å². The molecule has 3 heteroatoms. The van der Waals surface area contributed by atoms with Crippen molar-refractivity contribution in [2.45, 2.75) is 38.3 Å². The Kier molecular flexibility index (Phi) is 2.05. The minimum Gasteiger partial charge on any atom is -0.465 e. The van der Waals surface area contributed by atoms with E-state index in [9.17, 15) is 4.79 Å². The normalized spacial score (nSPS) is 38.6. The Morgan fingerprint density at radius 3 is 2.92 bits per heavy atom. The van der Waals surface area contributed by atoms with Crippen LogP contribution in [0.1, 0.15) is 26.2 Å². The van der Waals surface area contributed by atoms with Crippen LogP contribution in [0.4, 0.5) is 0 Å². The second-order valence-corrected chi connectivity index (χ2v) is 3.67. The molecule has 0 aromatic heterocycles. The van der Waals surface area contributed by atoms with Gasteiger partial charge in [-0.25, -0.2) is 0 Å². The van der Waals surface area contributed by atoms with Gasteiger partial charge in [-0.1, -0.05) is 0 Å². The first-order valence-electron chi connectivity index (χ1n) is 4.74. The molecule has 1 heterocycles. The molecule has 3 atom stereocenters. The highest BCUT2D eigenvalue weighted by atomic mass is 16.5. The second-order valence-electron chi connectivity index (χ2n) is 3.67. The average Bonchev–Trinajstić information content (AvgIpc) is 2.64. The number of fused-ring (bicyclic) bond motifs is 2. The van der Waals surface area contributed by atoms with Crippen LogP contribution < -0.4 is 5.32 Å². The molecule has 0 radical (unpaired) electrons. The summed E-state index contributed by atoms with van der Waals surface area (Å²) in [4.78, 5) is 11.4. The summed E-state index contributed by atoms with van der Waals surface area (Å²) in [6.45, 7) is 2.35. The summed E-state index contributed by atoms with van der Waals surface area (Å²) in [6.07, 6.45) is 3.60. The van der Waals surface area contributed by atoms with E-state index in [1.807, 2.05) is 6.92 Å². The van der Waals surface area contributed by atoms with Crippen LogP contribution in [0.15, 0.2) is 0 Å². The van der Waals surface area contributed by atoms with Gasteiger partial charge in [-0.3, -0.25) is 4.79 Å². The molecule has 2 bridgehead atoms. The van der Waals surface area contributed by atoms with Crippen LogP contribution in [0.3, 0.4) is 0 Å². The standard InChI is InChI=1S/C9H15NO2/c1-2-12-9(11)8-6-3-4-7(5-6)10-8/h6-8,10H,2-5H2,1H3/t6-,7+,8-/m1/s1. The lowest BCUT2D eigenvalue weighted by atomic mass is 10.0. The van der Waals surface area contributed by atoms with Gasteiger partial charge in [0.25, 0.3) is 0 Å². The van der Waals surface area contributed by atoms with Gasteiger partial charge < -0.3 is 10.1 Å². The van der Waals surface area contributed by atoms with Crippen LogP contribution in [0.25, 0.3) is 0 Å². The molecule has 0 spiro atoms. The fourth-order valence-electron chi connectivity index (χ4n) is 2.35. The van der Waals surface area contributed by atoms with E-state index in [0.29, 0.717) is 18.6 Å². The van der Waals surface area contributed by atoms with Crippen molar-refractivity contribution in [3.05, 3.63) is 0 Å². The molecule has 1 aliphatic heterocycles. The number of hydrogen-bond donors (Lipinski definition) is 1. The molecule has 2 aliphatic rings. The van der Waals surface area contributed by atoms with Gasteiger partial charge in [-0.05, 0) is 32.1 Å².